The van der Waals surface area contributed by atoms with Crippen LogP contribution >= 0.6 is 23.1 Å². The zero-order valence-corrected chi connectivity index (χ0v) is 17.6. The van der Waals surface area contributed by atoms with Crippen LogP contribution in [0.2, 0.25) is 5.02 Å². The largest absolute Gasteiger partial charge is 0.496 e. The Morgan fingerprint density at radius 1 is 1.38 bits per heavy atom. The number of hydrogen-bond acceptors (Lipinski definition) is 4. The fraction of sp³-hybridized carbons (Fsp3) is 0.474. The van der Waals surface area contributed by atoms with E-state index in [0.717, 1.165) is 5.56 Å². The molecule has 1 atom stereocenters. The van der Waals surface area contributed by atoms with Crippen LogP contribution in [0.15, 0.2) is 29.4 Å². The van der Waals surface area contributed by atoms with Crippen molar-refractivity contribution in [3.63, 3.8) is 0 Å². The van der Waals surface area contributed by atoms with Gasteiger partial charge in [0.1, 0.15) is 10.4 Å². The SMILES string of the molecule is CCOC(C)c1cn(C(C)(C)C)s/c1=N\C(=O)c1cc(Cl)ccc1OC. The smallest absolute Gasteiger partial charge is 0.282 e. The Kier molecular flexibility index (Phi) is 6.66. The summed E-state index contributed by atoms with van der Waals surface area (Å²) in [4.78, 5) is 17.1. The van der Waals surface area contributed by atoms with Crippen molar-refractivity contribution in [3.05, 3.63) is 45.2 Å². The Morgan fingerprint density at radius 2 is 2.08 bits per heavy atom. The van der Waals surface area contributed by atoms with Gasteiger partial charge in [0.05, 0.1) is 18.8 Å². The minimum Gasteiger partial charge on any atom is -0.496 e. The van der Waals surface area contributed by atoms with Crippen molar-refractivity contribution in [2.24, 2.45) is 4.99 Å². The lowest BCUT2D eigenvalue weighted by Gasteiger charge is -2.19. The molecule has 26 heavy (non-hydrogen) atoms. The molecular weight excluding hydrogens is 372 g/mol. The molecule has 0 radical (unpaired) electrons. The van der Waals surface area contributed by atoms with E-state index in [4.69, 9.17) is 21.1 Å². The maximum Gasteiger partial charge on any atom is 0.282 e. The van der Waals surface area contributed by atoms with Crippen LogP contribution in [0, 0.1) is 0 Å². The lowest BCUT2D eigenvalue weighted by atomic mass is 10.1. The first-order valence-corrected chi connectivity index (χ1v) is 9.60. The Balaban J connectivity index is 2.57. The Bertz CT molecular complexity index is 849. The van der Waals surface area contributed by atoms with E-state index in [1.54, 1.807) is 18.2 Å². The third kappa shape index (κ3) is 4.75. The lowest BCUT2D eigenvalue weighted by molar-refractivity contribution is 0.0754. The number of methoxy groups -OCH3 is 1. The van der Waals surface area contributed by atoms with Gasteiger partial charge in [-0.05, 0) is 64.4 Å². The van der Waals surface area contributed by atoms with E-state index in [1.807, 2.05) is 20.0 Å². The van der Waals surface area contributed by atoms with Crippen molar-refractivity contribution < 1.29 is 14.3 Å². The molecule has 7 heteroatoms. The quantitative estimate of drug-likeness (QED) is 0.729. The third-order valence-electron chi connectivity index (χ3n) is 3.80. The first-order valence-electron chi connectivity index (χ1n) is 8.45. The normalized spacial score (nSPS) is 13.7. The molecule has 0 fully saturated rings. The molecule has 1 amide bonds. The molecule has 0 N–H and O–H groups in total. The van der Waals surface area contributed by atoms with Crippen LogP contribution in [0.5, 0.6) is 5.75 Å². The zero-order chi connectivity index (χ0) is 19.5. The summed E-state index contributed by atoms with van der Waals surface area (Å²) >= 11 is 7.47. The Hall–Kier alpha value is -1.63. The summed E-state index contributed by atoms with van der Waals surface area (Å²) in [6, 6.07) is 4.92. The third-order valence-corrected chi connectivity index (χ3v) is 5.38. The van der Waals surface area contributed by atoms with Gasteiger partial charge in [-0.25, -0.2) is 0 Å². The van der Waals surface area contributed by atoms with E-state index in [0.29, 0.717) is 27.6 Å². The monoisotopic (exact) mass is 396 g/mol. The molecule has 1 unspecified atom stereocenters. The highest BCUT2D eigenvalue weighted by Crippen LogP contribution is 2.25. The predicted molar refractivity (Wildman–Crippen MR) is 105 cm³/mol. The van der Waals surface area contributed by atoms with Gasteiger partial charge in [-0.2, -0.15) is 4.99 Å². The molecule has 0 spiro atoms. The van der Waals surface area contributed by atoms with Gasteiger partial charge >= 0.3 is 0 Å². The summed E-state index contributed by atoms with van der Waals surface area (Å²) in [6.07, 6.45) is 1.85. The summed E-state index contributed by atoms with van der Waals surface area (Å²) in [7, 11) is 1.52. The first-order chi connectivity index (χ1) is 12.2. The maximum atomic E-state index is 12.8. The van der Waals surface area contributed by atoms with Crippen LogP contribution in [0.1, 0.15) is 56.6 Å². The number of rotatable bonds is 5. The van der Waals surface area contributed by atoms with Crippen molar-refractivity contribution in [3.8, 4) is 5.75 Å². The number of amides is 1. The standard InChI is InChI=1S/C19H25ClN2O3S/c1-7-25-12(2)15-11-22(19(3,4)5)26-18(15)21-17(23)14-10-13(20)8-9-16(14)24-6/h8-12H,7H2,1-6H3/b21-18-. The predicted octanol–water partition coefficient (Wildman–Crippen LogP) is 4.81. The van der Waals surface area contributed by atoms with E-state index in [9.17, 15) is 4.79 Å². The number of carbonyl (C=O) groups is 1. The summed E-state index contributed by atoms with van der Waals surface area (Å²) in [5, 5.41) is 0.461. The molecular formula is C19H25ClN2O3S. The number of nitrogens with zero attached hydrogens (tertiary/aromatic N) is 2. The van der Waals surface area contributed by atoms with Gasteiger partial charge in [0, 0.05) is 28.9 Å². The van der Waals surface area contributed by atoms with Gasteiger partial charge in [0.2, 0.25) is 0 Å². The molecule has 0 aliphatic rings. The number of aromatic nitrogens is 1. The first kappa shape index (κ1) is 20.7. The van der Waals surface area contributed by atoms with E-state index in [2.05, 4.69) is 29.7 Å². The molecule has 0 bridgehead atoms. The maximum absolute atomic E-state index is 12.8. The number of carbonyl (C=O) groups excluding carboxylic acids is 1. The molecule has 0 saturated heterocycles. The minimum absolute atomic E-state index is 0.115. The van der Waals surface area contributed by atoms with Crippen molar-refractivity contribution in [1.29, 1.82) is 0 Å². The zero-order valence-electron chi connectivity index (χ0n) is 16.0. The summed E-state index contributed by atoms with van der Waals surface area (Å²) in [6.45, 7) is 10.8. The highest BCUT2D eigenvalue weighted by atomic mass is 35.5. The molecule has 1 aromatic carbocycles. The lowest BCUT2D eigenvalue weighted by Crippen LogP contribution is -2.18. The van der Waals surface area contributed by atoms with Crippen molar-refractivity contribution in [1.82, 2.24) is 3.96 Å². The van der Waals surface area contributed by atoms with Gasteiger partial charge < -0.3 is 9.47 Å². The fourth-order valence-corrected chi connectivity index (χ4v) is 3.63. The molecule has 0 aliphatic heterocycles. The van der Waals surface area contributed by atoms with Crippen LogP contribution < -0.4 is 9.41 Å². The highest BCUT2D eigenvalue weighted by molar-refractivity contribution is 7.04. The van der Waals surface area contributed by atoms with Crippen LogP contribution in [0.4, 0.5) is 0 Å². The Morgan fingerprint density at radius 3 is 2.65 bits per heavy atom. The van der Waals surface area contributed by atoms with E-state index >= 15 is 0 Å². The Labute approximate surface area is 163 Å². The van der Waals surface area contributed by atoms with Crippen LogP contribution in [-0.2, 0) is 10.3 Å². The van der Waals surface area contributed by atoms with Crippen LogP contribution in [-0.4, -0.2) is 23.6 Å². The second-order valence-corrected chi connectivity index (χ2v) is 8.24. The molecule has 5 nitrogen and oxygen atoms in total. The van der Waals surface area contributed by atoms with E-state index in [1.165, 1.54) is 18.6 Å². The number of hydrogen-bond donors (Lipinski definition) is 0. The molecule has 0 aliphatic carbocycles. The second-order valence-electron chi connectivity index (χ2n) is 6.84. The van der Waals surface area contributed by atoms with Crippen LogP contribution in [0.3, 0.4) is 0 Å². The number of halogens is 1. The fourth-order valence-electron chi connectivity index (χ4n) is 2.39. The number of ether oxygens (including phenoxy) is 2. The summed E-state index contributed by atoms with van der Waals surface area (Å²) < 4.78 is 13.7. The molecule has 1 heterocycles. The summed E-state index contributed by atoms with van der Waals surface area (Å²) in [5.74, 6) is 0.0556. The second kappa shape index (κ2) is 8.37. The molecule has 2 aromatic rings. The average molecular weight is 397 g/mol. The van der Waals surface area contributed by atoms with Crippen LogP contribution in [0.25, 0.3) is 0 Å². The van der Waals surface area contributed by atoms with Gasteiger partial charge in [0.15, 0.2) is 0 Å². The van der Waals surface area contributed by atoms with Gasteiger partial charge in [-0.3, -0.25) is 8.75 Å². The molecule has 1 aromatic heterocycles. The van der Waals surface area contributed by atoms with Gasteiger partial charge in [0.25, 0.3) is 5.91 Å². The van der Waals surface area contributed by atoms with Gasteiger partial charge in [-0.15, -0.1) is 0 Å². The highest BCUT2D eigenvalue weighted by Gasteiger charge is 2.20. The van der Waals surface area contributed by atoms with E-state index in [-0.39, 0.29) is 11.6 Å². The van der Waals surface area contributed by atoms with Crippen molar-refractivity contribution in [2.75, 3.05) is 13.7 Å². The molecule has 2 rings (SSSR count). The molecule has 142 valence electrons. The van der Waals surface area contributed by atoms with Crippen molar-refractivity contribution >= 4 is 29.0 Å². The summed E-state index contributed by atoms with van der Waals surface area (Å²) in [5.41, 5.74) is 1.11. The van der Waals surface area contributed by atoms with Gasteiger partial charge in [-0.1, -0.05) is 11.6 Å². The molecule has 0 saturated carbocycles. The van der Waals surface area contributed by atoms with Crippen molar-refractivity contribution in [2.45, 2.75) is 46.3 Å². The number of benzene rings is 1. The topological polar surface area (TPSA) is 52.8 Å². The van der Waals surface area contributed by atoms with E-state index < -0.39 is 5.91 Å². The average Bonchev–Trinajstić information content (AvgIpc) is 2.99. The minimum atomic E-state index is -0.391.